The van der Waals surface area contributed by atoms with Crippen LogP contribution in [-0.4, -0.2) is 18.2 Å². The summed E-state index contributed by atoms with van der Waals surface area (Å²) in [6.45, 7) is 12.9. The minimum Gasteiger partial charge on any atom is -0.338 e. The SMILES string of the molecule is CC(C)(C)c1nc(-c2ccc(C#C[Si](C)(C)C)cc2)no1. The van der Waals surface area contributed by atoms with Gasteiger partial charge in [-0.1, -0.05) is 51.5 Å². The lowest BCUT2D eigenvalue weighted by Crippen LogP contribution is -2.16. The fourth-order valence-corrected chi connectivity index (χ4v) is 2.13. The smallest absolute Gasteiger partial charge is 0.232 e. The summed E-state index contributed by atoms with van der Waals surface area (Å²) in [5.41, 5.74) is 5.21. The van der Waals surface area contributed by atoms with Gasteiger partial charge in [0, 0.05) is 16.5 Å². The Morgan fingerprint density at radius 3 is 2.14 bits per heavy atom. The average molecular weight is 298 g/mol. The molecule has 21 heavy (non-hydrogen) atoms. The molecule has 1 aromatic carbocycles. The molecule has 0 aliphatic heterocycles. The van der Waals surface area contributed by atoms with E-state index < -0.39 is 8.07 Å². The average Bonchev–Trinajstić information content (AvgIpc) is 2.85. The van der Waals surface area contributed by atoms with Gasteiger partial charge in [-0.15, -0.1) is 5.54 Å². The Hall–Kier alpha value is -1.86. The number of nitrogens with zero attached hydrogens (tertiary/aromatic N) is 2. The second kappa shape index (κ2) is 5.49. The predicted molar refractivity (Wildman–Crippen MR) is 88.7 cm³/mol. The summed E-state index contributed by atoms with van der Waals surface area (Å²) < 4.78 is 5.32. The lowest BCUT2D eigenvalue weighted by atomic mass is 9.97. The molecule has 0 radical (unpaired) electrons. The first-order chi connectivity index (χ1) is 9.65. The molecule has 0 spiro atoms. The number of benzene rings is 1. The van der Waals surface area contributed by atoms with E-state index >= 15 is 0 Å². The van der Waals surface area contributed by atoms with Crippen molar-refractivity contribution >= 4 is 8.07 Å². The van der Waals surface area contributed by atoms with Gasteiger partial charge in [-0.05, 0) is 24.3 Å². The topological polar surface area (TPSA) is 38.9 Å². The second-order valence-electron chi connectivity index (χ2n) is 7.25. The molecule has 0 saturated carbocycles. The number of hydrogen-bond acceptors (Lipinski definition) is 3. The minimum atomic E-state index is -1.34. The lowest BCUT2D eigenvalue weighted by molar-refractivity contribution is 0.321. The molecule has 0 aliphatic carbocycles. The van der Waals surface area contributed by atoms with Crippen LogP contribution in [0, 0.1) is 11.5 Å². The zero-order chi connectivity index (χ0) is 15.7. The largest absolute Gasteiger partial charge is 0.338 e. The molecule has 0 aliphatic rings. The van der Waals surface area contributed by atoms with Gasteiger partial charge in [0.05, 0.1) is 0 Å². The molecule has 1 heterocycles. The molecule has 0 saturated heterocycles. The van der Waals surface area contributed by atoms with E-state index in [0.29, 0.717) is 11.7 Å². The molecule has 2 aromatic rings. The highest BCUT2D eigenvalue weighted by Crippen LogP contribution is 2.23. The van der Waals surface area contributed by atoms with Crippen LogP contribution in [0.2, 0.25) is 19.6 Å². The Labute approximate surface area is 127 Å². The summed E-state index contributed by atoms with van der Waals surface area (Å²) in [7, 11) is -1.34. The maximum absolute atomic E-state index is 5.32. The highest BCUT2D eigenvalue weighted by molar-refractivity contribution is 6.83. The molecular weight excluding hydrogens is 276 g/mol. The van der Waals surface area contributed by atoms with E-state index in [0.717, 1.165) is 11.1 Å². The molecule has 110 valence electrons. The summed E-state index contributed by atoms with van der Waals surface area (Å²) in [6.07, 6.45) is 0. The van der Waals surface area contributed by atoms with Crippen LogP contribution in [0.4, 0.5) is 0 Å². The van der Waals surface area contributed by atoms with E-state index in [-0.39, 0.29) is 5.41 Å². The molecule has 2 rings (SSSR count). The molecule has 0 bridgehead atoms. The van der Waals surface area contributed by atoms with Crippen LogP contribution in [0.15, 0.2) is 28.8 Å². The van der Waals surface area contributed by atoms with Crippen LogP contribution < -0.4 is 0 Å². The maximum Gasteiger partial charge on any atom is 0.232 e. The molecule has 3 nitrogen and oxygen atoms in total. The van der Waals surface area contributed by atoms with Crippen molar-refractivity contribution in [3.8, 4) is 22.9 Å². The Balaban J connectivity index is 2.23. The molecule has 1 aromatic heterocycles. The zero-order valence-electron chi connectivity index (χ0n) is 13.6. The first-order valence-corrected chi connectivity index (χ1v) is 10.6. The van der Waals surface area contributed by atoms with Gasteiger partial charge in [-0.25, -0.2) is 0 Å². The van der Waals surface area contributed by atoms with Gasteiger partial charge < -0.3 is 4.52 Å². The third-order valence-electron chi connectivity index (χ3n) is 2.79. The lowest BCUT2D eigenvalue weighted by Gasteiger charge is -2.10. The van der Waals surface area contributed by atoms with E-state index in [2.05, 4.69) is 62.0 Å². The molecule has 0 unspecified atom stereocenters. The van der Waals surface area contributed by atoms with Gasteiger partial charge in [0.15, 0.2) is 0 Å². The Morgan fingerprint density at radius 1 is 1.05 bits per heavy atom. The van der Waals surface area contributed by atoms with Crippen LogP contribution in [0.5, 0.6) is 0 Å². The van der Waals surface area contributed by atoms with Crippen molar-refractivity contribution in [3.05, 3.63) is 35.7 Å². The van der Waals surface area contributed by atoms with Gasteiger partial charge in [0.1, 0.15) is 8.07 Å². The Kier molecular flexibility index (Phi) is 4.06. The normalized spacial score (nSPS) is 11.9. The van der Waals surface area contributed by atoms with Crippen LogP contribution in [-0.2, 0) is 5.41 Å². The third-order valence-corrected chi connectivity index (χ3v) is 3.67. The standard InChI is InChI=1S/C17H22N2OSi/c1-17(2,3)16-18-15(19-20-16)14-9-7-13(8-10-14)11-12-21(4,5)6/h7-10H,1-6H3. The van der Waals surface area contributed by atoms with E-state index in [1.165, 1.54) is 0 Å². The fourth-order valence-electron chi connectivity index (χ4n) is 1.61. The van der Waals surface area contributed by atoms with Gasteiger partial charge >= 0.3 is 0 Å². The summed E-state index contributed by atoms with van der Waals surface area (Å²) in [5.74, 6) is 4.52. The number of hydrogen-bond donors (Lipinski definition) is 0. The molecule has 0 fully saturated rings. The highest BCUT2D eigenvalue weighted by Gasteiger charge is 2.22. The summed E-state index contributed by atoms with van der Waals surface area (Å²) >= 11 is 0. The maximum atomic E-state index is 5.32. The van der Waals surface area contributed by atoms with Crippen molar-refractivity contribution in [2.45, 2.75) is 45.8 Å². The number of rotatable bonds is 1. The first-order valence-electron chi connectivity index (χ1n) is 7.13. The Morgan fingerprint density at radius 2 is 1.67 bits per heavy atom. The minimum absolute atomic E-state index is 0.131. The van der Waals surface area contributed by atoms with E-state index in [9.17, 15) is 0 Å². The van der Waals surface area contributed by atoms with Crippen molar-refractivity contribution in [1.82, 2.24) is 10.1 Å². The molecular formula is C17H22N2OSi. The van der Waals surface area contributed by atoms with Gasteiger partial charge in [0.2, 0.25) is 11.7 Å². The van der Waals surface area contributed by atoms with Crippen molar-refractivity contribution in [2.24, 2.45) is 0 Å². The molecule has 0 N–H and O–H groups in total. The van der Waals surface area contributed by atoms with Crippen molar-refractivity contribution in [1.29, 1.82) is 0 Å². The zero-order valence-corrected chi connectivity index (χ0v) is 14.6. The first kappa shape index (κ1) is 15.5. The summed E-state index contributed by atoms with van der Waals surface area (Å²) in [6, 6.07) is 8.00. The molecule has 4 heteroatoms. The van der Waals surface area contributed by atoms with Crippen molar-refractivity contribution < 1.29 is 4.52 Å². The molecule has 0 amide bonds. The fraction of sp³-hybridized carbons (Fsp3) is 0.412. The monoisotopic (exact) mass is 298 g/mol. The summed E-state index contributed by atoms with van der Waals surface area (Å²) in [4.78, 5) is 4.46. The van der Waals surface area contributed by atoms with Crippen LogP contribution >= 0.6 is 0 Å². The molecule has 0 atom stereocenters. The van der Waals surface area contributed by atoms with E-state index in [1.54, 1.807) is 0 Å². The van der Waals surface area contributed by atoms with Crippen LogP contribution in [0.1, 0.15) is 32.2 Å². The van der Waals surface area contributed by atoms with Gasteiger partial charge in [-0.3, -0.25) is 0 Å². The Bertz CT molecular complexity index is 677. The van der Waals surface area contributed by atoms with Crippen LogP contribution in [0.3, 0.4) is 0 Å². The van der Waals surface area contributed by atoms with Crippen molar-refractivity contribution in [3.63, 3.8) is 0 Å². The van der Waals surface area contributed by atoms with E-state index in [1.807, 2.05) is 24.3 Å². The second-order valence-corrected chi connectivity index (χ2v) is 12.0. The van der Waals surface area contributed by atoms with Crippen LogP contribution in [0.25, 0.3) is 11.4 Å². The number of aromatic nitrogens is 2. The van der Waals surface area contributed by atoms with Gasteiger partial charge in [0.25, 0.3) is 0 Å². The summed E-state index contributed by atoms with van der Waals surface area (Å²) in [5, 5.41) is 4.05. The quantitative estimate of drug-likeness (QED) is 0.583. The van der Waals surface area contributed by atoms with Gasteiger partial charge in [-0.2, -0.15) is 4.98 Å². The van der Waals surface area contributed by atoms with E-state index in [4.69, 9.17) is 4.52 Å². The highest BCUT2D eigenvalue weighted by atomic mass is 28.3. The predicted octanol–water partition coefficient (Wildman–Crippen LogP) is 4.26. The third kappa shape index (κ3) is 4.30. The van der Waals surface area contributed by atoms with Crippen molar-refractivity contribution in [2.75, 3.05) is 0 Å².